The number of carbonyl (C=O) groups excluding carboxylic acids is 4. The molecule has 3 unspecified atom stereocenters. The number of rotatable bonds is 14. The number of amides is 3. The second-order valence-corrected chi connectivity index (χ2v) is 10.7. The number of hydrogen-bond donors (Lipinski definition) is 5. The lowest BCUT2D eigenvalue weighted by Crippen LogP contribution is -2.42. The molecule has 3 amide bonds. The minimum absolute atomic E-state index is 0.0763. The van der Waals surface area contributed by atoms with Crippen LogP contribution < -0.4 is 16.0 Å². The van der Waals surface area contributed by atoms with Crippen molar-refractivity contribution in [3.63, 3.8) is 0 Å². The van der Waals surface area contributed by atoms with Crippen molar-refractivity contribution >= 4 is 43.5 Å². The molecule has 13 nitrogen and oxygen atoms in total. The second kappa shape index (κ2) is 13.3. The maximum Gasteiger partial charge on any atom is 0.469 e. The Morgan fingerprint density at radius 3 is 2.56 bits per heavy atom. The topological polar surface area (TPSA) is 190 Å². The van der Waals surface area contributed by atoms with Crippen molar-refractivity contribution in [2.45, 2.75) is 75.4 Å². The molecule has 5 N–H and O–H groups in total. The lowest BCUT2D eigenvalue weighted by atomic mass is 10.0. The first-order valence-corrected chi connectivity index (χ1v) is 13.5. The van der Waals surface area contributed by atoms with E-state index in [2.05, 4.69) is 20.5 Å². The Morgan fingerprint density at radius 1 is 1.18 bits per heavy atom. The third kappa shape index (κ3) is 10.6. The maximum absolute atomic E-state index is 12.4. The van der Waals surface area contributed by atoms with Gasteiger partial charge in [0.05, 0.1) is 24.7 Å². The maximum atomic E-state index is 12.4. The van der Waals surface area contributed by atoms with E-state index in [0.717, 1.165) is 18.6 Å². The molecule has 0 aromatic rings. The number of nitrogens with one attached hydrogen (secondary N) is 3. The van der Waals surface area contributed by atoms with E-state index in [1.54, 1.807) is 11.8 Å². The van der Waals surface area contributed by atoms with Gasteiger partial charge in [0.15, 0.2) is 0 Å². The summed E-state index contributed by atoms with van der Waals surface area (Å²) >= 11 is 1.79. The number of fused-ring (bicyclic) bond motifs is 1. The van der Waals surface area contributed by atoms with E-state index in [1.165, 1.54) is 13.8 Å². The van der Waals surface area contributed by atoms with Crippen molar-refractivity contribution in [3.8, 4) is 0 Å². The average molecular weight is 526 g/mol. The van der Waals surface area contributed by atoms with Crippen molar-refractivity contribution in [2.75, 3.05) is 19.0 Å². The van der Waals surface area contributed by atoms with Crippen molar-refractivity contribution < 1.29 is 47.5 Å². The summed E-state index contributed by atoms with van der Waals surface area (Å²) in [6, 6.07) is -0.816. The van der Waals surface area contributed by atoms with Crippen molar-refractivity contribution in [2.24, 2.45) is 0 Å². The summed E-state index contributed by atoms with van der Waals surface area (Å²) in [7, 11) is -4.80. The zero-order valence-corrected chi connectivity index (χ0v) is 20.8. The van der Waals surface area contributed by atoms with Crippen LogP contribution in [0, 0.1) is 0 Å². The van der Waals surface area contributed by atoms with Crippen LogP contribution in [0.5, 0.6) is 0 Å². The Morgan fingerprint density at radius 2 is 1.91 bits per heavy atom. The smallest absolute Gasteiger partial charge is 0.462 e. The first-order chi connectivity index (χ1) is 15.9. The average Bonchev–Trinajstić information content (AvgIpc) is 3.26. The number of phosphoric acid groups is 1. The van der Waals surface area contributed by atoms with E-state index in [-0.39, 0.29) is 48.7 Å². The fourth-order valence-corrected chi connectivity index (χ4v) is 5.76. The Bertz CT molecular complexity index is 794. The normalized spacial score (nSPS) is 23.3. The van der Waals surface area contributed by atoms with E-state index in [4.69, 9.17) is 19.3 Å². The molecule has 2 saturated heterocycles. The van der Waals surface area contributed by atoms with E-state index in [0.29, 0.717) is 6.42 Å². The van der Waals surface area contributed by atoms with Gasteiger partial charge >= 0.3 is 25.8 Å². The monoisotopic (exact) mass is 525 g/mol. The molecular formula is C19H32N3O10PS. The number of phosphoric ester groups is 1. The minimum Gasteiger partial charge on any atom is -0.462 e. The highest BCUT2D eigenvalue weighted by molar-refractivity contribution is 8.00. The van der Waals surface area contributed by atoms with Crippen LogP contribution in [-0.2, 0) is 32.9 Å². The summed E-state index contributed by atoms with van der Waals surface area (Å²) in [5.74, 6) is -0.740. The largest absolute Gasteiger partial charge is 0.469 e. The predicted octanol–water partition coefficient (Wildman–Crippen LogP) is 0.191. The summed E-state index contributed by atoms with van der Waals surface area (Å²) < 4.78 is 25.6. The van der Waals surface area contributed by atoms with Gasteiger partial charge in [0.1, 0.15) is 12.7 Å². The first-order valence-electron chi connectivity index (χ1n) is 10.9. The van der Waals surface area contributed by atoms with Crippen LogP contribution >= 0.6 is 19.6 Å². The summed E-state index contributed by atoms with van der Waals surface area (Å²) in [5.41, 5.74) is 0. The van der Waals surface area contributed by atoms with Gasteiger partial charge in [-0.05, 0) is 12.8 Å². The van der Waals surface area contributed by atoms with Crippen LogP contribution in [0.25, 0.3) is 0 Å². The SMILES string of the molecule is CC(=O)OCC(CC(COP(=O)(O)O)NC(=O)CCCCC1SC[C@@H]2NC(=O)N[C@H]12)OC(C)=O. The Kier molecular flexibility index (Phi) is 11.1. The number of esters is 2. The number of ether oxygens (including phenoxy) is 2. The zero-order valence-electron chi connectivity index (χ0n) is 19.1. The van der Waals surface area contributed by atoms with Crippen molar-refractivity contribution in [1.82, 2.24) is 16.0 Å². The molecule has 0 spiro atoms. The number of hydrogen-bond acceptors (Lipinski definition) is 9. The molecule has 2 aliphatic rings. The molecule has 15 heteroatoms. The molecule has 0 saturated carbocycles. The Labute approximate surface area is 201 Å². The number of thioether (sulfide) groups is 1. The summed E-state index contributed by atoms with van der Waals surface area (Å²) in [5, 5.41) is 8.72. The van der Waals surface area contributed by atoms with E-state index in [1.807, 2.05) is 0 Å². The van der Waals surface area contributed by atoms with Crippen molar-refractivity contribution in [3.05, 3.63) is 0 Å². The van der Waals surface area contributed by atoms with E-state index in [9.17, 15) is 23.7 Å². The molecule has 0 aromatic heterocycles. The molecule has 2 fully saturated rings. The van der Waals surface area contributed by atoms with Gasteiger partial charge in [-0.1, -0.05) is 6.42 Å². The second-order valence-electron chi connectivity index (χ2n) is 8.19. The molecule has 2 aliphatic heterocycles. The molecule has 0 aromatic carbocycles. The standard InChI is InChI=1S/C19H32N3O10PS/c1-11(23)30-9-14(32-12(2)24)7-13(8-31-33(27,28)29)20-17(25)6-4-3-5-16-18-15(10-34-16)21-19(26)22-18/h13-16,18H,3-10H2,1-2H3,(H,20,25)(H2,21,22,26)(H2,27,28,29)/t13?,14?,15-,16?,18-/m0/s1. The Balaban J connectivity index is 1.82. The van der Waals surface area contributed by atoms with Gasteiger partial charge in [0, 0.05) is 37.7 Å². The van der Waals surface area contributed by atoms with Crippen LogP contribution in [0.2, 0.25) is 0 Å². The molecule has 34 heavy (non-hydrogen) atoms. The van der Waals surface area contributed by atoms with Gasteiger partial charge in [-0.25, -0.2) is 9.36 Å². The molecular weight excluding hydrogens is 493 g/mol. The predicted molar refractivity (Wildman–Crippen MR) is 121 cm³/mol. The van der Waals surface area contributed by atoms with E-state index >= 15 is 0 Å². The molecule has 5 atom stereocenters. The molecule has 2 rings (SSSR count). The van der Waals surface area contributed by atoms with Crippen LogP contribution in [0.1, 0.15) is 46.0 Å². The number of unbranched alkanes of at least 4 members (excludes halogenated alkanes) is 1. The van der Waals surface area contributed by atoms with Crippen molar-refractivity contribution in [1.29, 1.82) is 0 Å². The number of urea groups is 1. The van der Waals surface area contributed by atoms with Crippen LogP contribution in [0.3, 0.4) is 0 Å². The zero-order chi connectivity index (χ0) is 25.3. The third-order valence-electron chi connectivity index (χ3n) is 5.24. The quantitative estimate of drug-likeness (QED) is 0.0901. The molecule has 0 aliphatic carbocycles. The molecule has 0 bridgehead atoms. The lowest BCUT2D eigenvalue weighted by molar-refractivity contribution is -0.157. The van der Waals surface area contributed by atoms with Crippen LogP contribution in [0.4, 0.5) is 4.79 Å². The minimum atomic E-state index is -4.80. The highest BCUT2D eigenvalue weighted by atomic mass is 32.2. The summed E-state index contributed by atoms with van der Waals surface area (Å²) in [6.45, 7) is 1.55. The fourth-order valence-electron chi connectivity index (χ4n) is 3.84. The van der Waals surface area contributed by atoms with Crippen LogP contribution in [-0.4, -0.2) is 82.1 Å². The third-order valence-corrected chi connectivity index (χ3v) is 7.24. The molecule has 2 heterocycles. The van der Waals surface area contributed by atoms with Gasteiger partial charge in [-0.3, -0.25) is 18.9 Å². The molecule has 194 valence electrons. The number of carbonyl (C=O) groups is 4. The molecule has 0 radical (unpaired) electrons. The highest BCUT2D eigenvalue weighted by Crippen LogP contribution is 2.36. The van der Waals surface area contributed by atoms with Gasteiger partial charge in [0.25, 0.3) is 0 Å². The highest BCUT2D eigenvalue weighted by Gasteiger charge is 2.42. The van der Waals surface area contributed by atoms with Gasteiger partial charge < -0.3 is 35.2 Å². The van der Waals surface area contributed by atoms with Gasteiger partial charge in [-0.15, -0.1) is 0 Å². The van der Waals surface area contributed by atoms with Gasteiger partial charge in [0.2, 0.25) is 5.91 Å². The summed E-state index contributed by atoms with van der Waals surface area (Å²) in [4.78, 5) is 64.3. The van der Waals surface area contributed by atoms with E-state index < -0.39 is 38.5 Å². The summed E-state index contributed by atoms with van der Waals surface area (Å²) in [6.07, 6.45) is 1.33. The fraction of sp³-hybridized carbons (Fsp3) is 0.789. The lowest BCUT2D eigenvalue weighted by Gasteiger charge is -2.24. The van der Waals surface area contributed by atoms with Gasteiger partial charge in [-0.2, -0.15) is 11.8 Å². The van der Waals surface area contributed by atoms with Crippen LogP contribution in [0.15, 0.2) is 0 Å². The Hall–Kier alpha value is -1.86. The first kappa shape index (κ1) is 28.4.